The van der Waals surface area contributed by atoms with E-state index in [1.54, 1.807) is 0 Å². The second kappa shape index (κ2) is 38.3. The van der Waals surface area contributed by atoms with Gasteiger partial charge < -0.3 is 19.7 Å². The summed E-state index contributed by atoms with van der Waals surface area (Å²) in [5.74, 6) is -0.640. The minimum Gasteiger partial charge on any atom is -0.463 e. The summed E-state index contributed by atoms with van der Waals surface area (Å²) in [4.78, 5) is 23.9. The van der Waals surface area contributed by atoms with Gasteiger partial charge in [0, 0.05) is 19.4 Å². The van der Waals surface area contributed by atoms with Gasteiger partial charge in [-0.3, -0.25) is 9.59 Å². The molecule has 272 valence electrons. The second-order valence-electron chi connectivity index (χ2n) is 12.8. The molecule has 0 fully saturated rings. The van der Waals surface area contributed by atoms with Gasteiger partial charge in [0.1, 0.15) is 19.3 Å². The molecule has 0 radical (unpaired) electrons. The Kier molecular flexibility index (Phi) is 36.5. The third-order valence-electron chi connectivity index (χ3n) is 8.12. The fourth-order valence-corrected chi connectivity index (χ4v) is 5.18. The smallest absolute Gasteiger partial charge is 0.305 e. The first-order valence-electron chi connectivity index (χ1n) is 19.3. The van der Waals surface area contributed by atoms with Crippen molar-refractivity contribution in [2.75, 3.05) is 19.8 Å². The average Bonchev–Trinajstić information content (AvgIpc) is 3.07. The van der Waals surface area contributed by atoms with Crippen molar-refractivity contribution in [2.45, 2.75) is 180 Å². The van der Waals surface area contributed by atoms with Crippen LogP contribution in [0.5, 0.6) is 0 Å². The standard InChI is InChI=1S/C41H72O6/c1-2-3-4-5-6-7-8-9-13-16-19-22-25-28-31-34-40(44)46-37-39(43)38-47-41(45)35-32-29-26-23-20-17-14-11-10-12-15-18-21-24-27-30-33-36-42/h10,12,14,17-18,21,23,26,39,42-43H,2-9,11,13,15-16,19-20,22,24-25,27-38H2,1H3/b12-10-,17-14-,21-18-,26-23-/t39-/m1/s1. The van der Waals surface area contributed by atoms with Crippen molar-refractivity contribution in [3.05, 3.63) is 48.6 Å². The van der Waals surface area contributed by atoms with Crippen LogP contribution in [0.2, 0.25) is 0 Å². The van der Waals surface area contributed by atoms with E-state index in [2.05, 4.69) is 55.5 Å². The predicted octanol–water partition coefficient (Wildman–Crippen LogP) is 10.8. The second-order valence-corrected chi connectivity index (χ2v) is 12.8. The highest BCUT2D eigenvalue weighted by Crippen LogP contribution is 2.14. The molecule has 0 saturated heterocycles. The summed E-state index contributed by atoms with van der Waals surface area (Å²) < 4.78 is 10.3. The number of rotatable bonds is 35. The monoisotopic (exact) mass is 661 g/mol. The van der Waals surface area contributed by atoms with Crippen molar-refractivity contribution >= 4 is 11.9 Å². The third kappa shape index (κ3) is 38.2. The fraction of sp³-hybridized carbons (Fsp3) is 0.756. The molecule has 0 amide bonds. The molecule has 47 heavy (non-hydrogen) atoms. The van der Waals surface area contributed by atoms with Crippen LogP contribution in [0, 0.1) is 0 Å². The van der Waals surface area contributed by atoms with E-state index in [1.165, 1.54) is 77.0 Å². The van der Waals surface area contributed by atoms with E-state index in [4.69, 9.17) is 14.6 Å². The third-order valence-corrected chi connectivity index (χ3v) is 8.12. The van der Waals surface area contributed by atoms with E-state index >= 15 is 0 Å². The summed E-state index contributed by atoms with van der Waals surface area (Å²) in [6, 6.07) is 0. The number of aliphatic hydroxyl groups is 2. The van der Waals surface area contributed by atoms with Gasteiger partial charge >= 0.3 is 11.9 Å². The zero-order valence-corrected chi connectivity index (χ0v) is 30.2. The van der Waals surface area contributed by atoms with Gasteiger partial charge in [0.05, 0.1) is 0 Å². The number of hydrogen-bond acceptors (Lipinski definition) is 6. The van der Waals surface area contributed by atoms with Gasteiger partial charge in [0.2, 0.25) is 0 Å². The minimum atomic E-state index is -0.991. The van der Waals surface area contributed by atoms with Crippen LogP contribution >= 0.6 is 0 Å². The van der Waals surface area contributed by atoms with Crippen LogP contribution in [0.15, 0.2) is 48.6 Å². The number of ether oxygens (including phenoxy) is 2. The maximum absolute atomic E-state index is 11.9. The summed E-state index contributed by atoms with van der Waals surface area (Å²) in [7, 11) is 0. The largest absolute Gasteiger partial charge is 0.463 e. The maximum atomic E-state index is 11.9. The lowest BCUT2D eigenvalue weighted by molar-refractivity contribution is -0.152. The Labute approximate surface area is 289 Å². The highest BCUT2D eigenvalue weighted by atomic mass is 16.6. The molecule has 1 atom stereocenters. The predicted molar refractivity (Wildman–Crippen MR) is 197 cm³/mol. The topological polar surface area (TPSA) is 93.1 Å². The van der Waals surface area contributed by atoms with E-state index in [1.807, 2.05) is 0 Å². The van der Waals surface area contributed by atoms with Gasteiger partial charge in [-0.25, -0.2) is 0 Å². The molecule has 0 aliphatic heterocycles. The summed E-state index contributed by atoms with van der Waals surface area (Å²) in [6.07, 6.45) is 44.6. The van der Waals surface area contributed by atoms with E-state index < -0.39 is 6.10 Å². The lowest BCUT2D eigenvalue weighted by atomic mass is 10.0. The number of aliphatic hydroxyl groups excluding tert-OH is 2. The Morgan fingerprint density at radius 1 is 0.489 bits per heavy atom. The Balaban J connectivity index is 3.53. The molecule has 2 N–H and O–H groups in total. The van der Waals surface area contributed by atoms with Crippen molar-refractivity contribution in [1.29, 1.82) is 0 Å². The molecule has 0 aromatic carbocycles. The first-order chi connectivity index (χ1) is 23.1. The molecule has 6 heteroatoms. The van der Waals surface area contributed by atoms with Gasteiger partial charge in [0.15, 0.2) is 0 Å². The average molecular weight is 661 g/mol. The number of hydrogen-bond donors (Lipinski definition) is 2. The first kappa shape index (κ1) is 44.8. The van der Waals surface area contributed by atoms with Crippen LogP contribution in [0.1, 0.15) is 174 Å². The van der Waals surface area contributed by atoms with Crippen LogP contribution < -0.4 is 0 Å². The lowest BCUT2D eigenvalue weighted by Crippen LogP contribution is -2.25. The Morgan fingerprint density at radius 2 is 0.851 bits per heavy atom. The SMILES string of the molecule is CCCCCCCCCCCCCCCCCC(=O)OC[C@@H](O)COC(=O)CCC/C=C\C/C=C\C/C=C\C/C=C\CCCCCO. The quantitative estimate of drug-likeness (QED) is 0.0399. The van der Waals surface area contributed by atoms with Crippen LogP contribution in [-0.2, 0) is 19.1 Å². The van der Waals surface area contributed by atoms with E-state index in [0.29, 0.717) is 25.9 Å². The Bertz CT molecular complexity index is 800. The highest BCUT2D eigenvalue weighted by Gasteiger charge is 2.12. The molecule has 0 unspecified atom stereocenters. The molecular formula is C41H72O6. The molecule has 0 rings (SSSR count). The van der Waals surface area contributed by atoms with Gasteiger partial charge in [-0.1, -0.05) is 152 Å². The maximum Gasteiger partial charge on any atom is 0.305 e. The van der Waals surface area contributed by atoms with Crippen LogP contribution in [0.3, 0.4) is 0 Å². The normalized spacial score (nSPS) is 12.7. The molecule has 6 nitrogen and oxygen atoms in total. The van der Waals surface area contributed by atoms with E-state index in [9.17, 15) is 14.7 Å². The zero-order valence-electron chi connectivity index (χ0n) is 30.2. The molecule has 0 aromatic heterocycles. The van der Waals surface area contributed by atoms with Crippen LogP contribution in [-0.4, -0.2) is 48.1 Å². The highest BCUT2D eigenvalue weighted by molar-refractivity contribution is 5.69. The van der Waals surface area contributed by atoms with Crippen molar-refractivity contribution in [2.24, 2.45) is 0 Å². The Hall–Kier alpha value is -2.18. The number of carbonyl (C=O) groups excluding carboxylic acids is 2. The van der Waals surface area contributed by atoms with Crippen molar-refractivity contribution in [1.82, 2.24) is 0 Å². The van der Waals surface area contributed by atoms with E-state index in [-0.39, 0.29) is 25.2 Å². The number of unbranched alkanes of at least 4 members (excludes halogenated alkanes) is 18. The van der Waals surface area contributed by atoms with Crippen molar-refractivity contribution in [3.63, 3.8) is 0 Å². The molecular weight excluding hydrogens is 588 g/mol. The summed E-state index contributed by atoms with van der Waals surface area (Å²) >= 11 is 0. The summed E-state index contributed by atoms with van der Waals surface area (Å²) in [5, 5.41) is 18.7. The number of esters is 2. The van der Waals surface area contributed by atoms with Crippen molar-refractivity contribution in [3.8, 4) is 0 Å². The molecule has 0 spiro atoms. The molecule has 0 heterocycles. The van der Waals surface area contributed by atoms with Gasteiger partial charge in [-0.15, -0.1) is 0 Å². The molecule has 0 aliphatic carbocycles. The lowest BCUT2D eigenvalue weighted by Gasteiger charge is -2.12. The summed E-state index contributed by atoms with van der Waals surface area (Å²) in [6.45, 7) is 2.27. The summed E-state index contributed by atoms with van der Waals surface area (Å²) in [5.41, 5.74) is 0. The van der Waals surface area contributed by atoms with Gasteiger partial charge in [-0.2, -0.15) is 0 Å². The number of allylic oxidation sites excluding steroid dienone is 8. The van der Waals surface area contributed by atoms with Crippen LogP contribution in [0.4, 0.5) is 0 Å². The minimum absolute atomic E-state index is 0.138. The van der Waals surface area contributed by atoms with Crippen molar-refractivity contribution < 1.29 is 29.3 Å². The first-order valence-corrected chi connectivity index (χ1v) is 19.3. The fourth-order valence-electron chi connectivity index (χ4n) is 5.18. The van der Waals surface area contributed by atoms with Crippen LogP contribution in [0.25, 0.3) is 0 Å². The number of carbonyl (C=O) groups is 2. The van der Waals surface area contributed by atoms with Gasteiger partial charge in [0.25, 0.3) is 0 Å². The Morgan fingerprint density at radius 3 is 1.30 bits per heavy atom. The molecule has 0 aromatic rings. The molecule has 0 saturated carbocycles. The van der Waals surface area contributed by atoms with E-state index in [0.717, 1.165) is 70.6 Å². The molecule has 0 bridgehead atoms. The molecule has 0 aliphatic rings. The van der Waals surface area contributed by atoms with Gasteiger partial charge in [-0.05, 0) is 57.8 Å². The zero-order chi connectivity index (χ0) is 34.3.